The van der Waals surface area contributed by atoms with Gasteiger partial charge in [0, 0.05) is 6.54 Å². The largest absolute Gasteiger partial charge is 0.464 e. The average molecular weight is 604 g/mol. The fraction of sp³-hybridized carbons (Fsp3) is 0.806. The number of esters is 1. The molecule has 0 aromatic heterocycles. The van der Waals surface area contributed by atoms with Gasteiger partial charge in [-0.2, -0.15) is 0 Å². The van der Waals surface area contributed by atoms with Crippen molar-refractivity contribution in [1.82, 2.24) is 20.9 Å². The number of primary amides is 1. The standard InChI is InChI=1S/C31H49N5O7/c1-15(2)21(28(41)43-14-17-10-11-17)34-29(42)35-24(30(3,4)5)27(40)36-13-18-20(31(18,6)7)22(36)26(39)33-19(12-16-8-9-16)23(37)25(32)38/h15-22,24H,8-14H2,1-7H3,(H2,32,38)(H,33,39)(H2,34,35,42)/t18-,19?,20-,21-,22-,24+/m0/s1. The summed E-state index contributed by atoms with van der Waals surface area (Å²) in [4.78, 5) is 79.6. The third kappa shape index (κ3) is 7.49. The van der Waals surface area contributed by atoms with Crippen molar-refractivity contribution in [2.45, 2.75) is 105 Å². The minimum absolute atomic E-state index is 0.0712. The van der Waals surface area contributed by atoms with Crippen LogP contribution in [0.1, 0.15) is 80.6 Å². The predicted molar refractivity (Wildman–Crippen MR) is 157 cm³/mol. The highest BCUT2D eigenvalue weighted by molar-refractivity contribution is 6.37. The number of amides is 5. The number of hydrogen-bond acceptors (Lipinski definition) is 7. The Hall–Kier alpha value is -3.18. The molecule has 3 saturated carbocycles. The van der Waals surface area contributed by atoms with Crippen molar-refractivity contribution >= 4 is 35.5 Å². The second kappa shape index (κ2) is 12.1. The van der Waals surface area contributed by atoms with Crippen molar-refractivity contribution in [3.05, 3.63) is 0 Å². The number of carbonyl (C=O) groups is 6. The lowest BCUT2D eigenvalue weighted by Crippen LogP contribution is -2.62. The number of fused-ring (bicyclic) bond motifs is 1. The van der Waals surface area contributed by atoms with Crippen molar-refractivity contribution < 1.29 is 33.5 Å². The van der Waals surface area contributed by atoms with E-state index in [0.29, 0.717) is 25.5 Å². The van der Waals surface area contributed by atoms with Crippen LogP contribution in [0.3, 0.4) is 0 Å². The highest BCUT2D eigenvalue weighted by Crippen LogP contribution is 2.65. The lowest BCUT2D eigenvalue weighted by atomic mass is 9.85. The fourth-order valence-electron chi connectivity index (χ4n) is 6.36. The molecular formula is C31H49N5O7. The van der Waals surface area contributed by atoms with Gasteiger partial charge in [-0.05, 0) is 59.7 Å². The summed E-state index contributed by atoms with van der Waals surface area (Å²) in [6.07, 6.45) is 4.22. The zero-order valence-corrected chi connectivity index (χ0v) is 26.5. The number of urea groups is 1. The second-order valence-corrected chi connectivity index (χ2v) is 15.1. The van der Waals surface area contributed by atoms with E-state index in [9.17, 15) is 28.8 Å². The van der Waals surface area contributed by atoms with Crippen molar-refractivity contribution in [3.63, 3.8) is 0 Å². The van der Waals surface area contributed by atoms with E-state index in [1.54, 1.807) is 13.8 Å². The molecule has 5 N–H and O–H groups in total. The average Bonchev–Trinajstić information content (AvgIpc) is 3.85. The van der Waals surface area contributed by atoms with Crippen LogP contribution < -0.4 is 21.7 Å². The summed E-state index contributed by atoms with van der Waals surface area (Å²) in [5, 5.41) is 8.21. The summed E-state index contributed by atoms with van der Waals surface area (Å²) >= 11 is 0. The van der Waals surface area contributed by atoms with Gasteiger partial charge in [-0.3, -0.25) is 19.2 Å². The van der Waals surface area contributed by atoms with Gasteiger partial charge in [-0.1, -0.05) is 61.3 Å². The molecule has 6 atom stereocenters. The van der Waals surface area contributed by atoms with Crippen LogP contribution in [0.15, 0.2) is 0 Å². The molecule has 1 aliphatic heterocycles. The van der Waals surface area contributed by atoms with Gasteiger partial charge in [-0.25, -0.2) is 9.59 Å². The van der Waals surface area contributed by atoms with Crippen molar-refractivity contribution in [2.24, 2.45) is 46.2 Å². The first-order valence-corrected chi connectivity index (χ1v) is 15.6. The van der Waals surface area contributed by atoms with Crippen LogP contribution in [0.4, 0.5) is 4.79 Å². The smallest absolute Gasteiger partial charge is 0.328 e. The third-order valence-corrected chi connectivity index (χ3v) is 9.66. The van der Waals surface area contributed by atoms with Crippen LogP contribution in [-0.4, -0.2) is 77.7 Å². The summed E-state index contributed by atoms with van der Waals surface area (Å²) in [6, 6.07) is -4.50. The molecule has 1 heterocycles. The summed E-state index contributed by atoms with van der Waals surface area (Å²) in [5.41, 5.74) is 4.34. The Morgan fingerprint density at radius 3 is 2.07 bits per heavy atom. The van der Waals surface area contributed by atoms with E-state index in [2.05, 4.69) is 16.0 Å². The normalized spacial score (nSPS) is 26.0. The van der Waals surface area contributed by atoms with Crippen molar-refractivity contribution in [2.75, 3.05) is 13.2 Å². The third-order valence-electron chi connectivity index (χ3n) is 9.66. The monoisotopic (exact) mass is 603 g/mol. The first kappa shape index (κ1) is 32.7. The molecule has 5 amide bonds. The van der Waals surface area contributed by atoms with Crippen LogP contribution in [0.5, 0.6) is 0 Å². The Labute approximate surface area is 253 Å². The highest BCUT2D eigenvalue weighted by Gasteiger charge is 2.70. The first-order valence-electron chi connectivity index (χ1n) is 15.6. The Morgan fingerprint density at radius 2 is 1.56 bits per heavy atom. The summed E-state index contributed by atoms with van der Waals surface area (Å²) in [5.74, 6) is -3.07. The van der Waals surface area contributed by atoms with E-state index in [1.165, 1.54) is 4.90 Å². The Balaban J connectivity index is 1.49. The van der Waals surface area contributed by atoms with Crippen LogP contribution >= 0.6 is 0 Å². The number of nitrogens with two attached hydrogens (primary N) is 1. The molecule has 0 aromatic rings. The Bertz CT molecular complexity index is 1150. The van der Waals surface area contributed by atoms with Gasteiger partial charge < -0.3 is 31.3 Å². The van der Waals surface area contributed by atoms with E-state index >= 15 is 0 Å². The van der Waals surface area contributed by atoms with Crippen molar-refractivity contribution in [1.29, 1.82) is 0 Å². The number of nitrogens with one attached hydrogen (secondary N) is 3. The molecule has 0 bridgehead atoms. The molecule has 1 unspecified atom stereocenters. The Kier molecular flexibility index (Phi) is 9.19. The number of piperidine rings is 1. The number of nitrogens with zero attached hydrogens (tertiary/aromatic N) is 1. The molecule has 4 aliphatic rings. The number of hydrogen-bond donors (Lipinski definition) is 4. The molecule has 4 rings (SSSR count). The molecule has 0 spiro atoms. The van der Waals surface area contributed by atoms with E-state index in [-0.39, 0.29) is 29.1 Å². The maximum absolute atomic E-state index is 14.1. The van der Waals surface area contributed by atoms with Gasteiger partial charge in [0.15, 0.2) is 0 Å². The predicted octanol–water partition coefficient (Wildman–Crippen LogP) is 1.50. The molecule has 4 fully saturated rings. The molecule has 0 radical (unpaired) electrons. The number of ketones is 1. The molecule has 12 heteroatoms. The molecule has 0 aromatic carbocycles. The lowest BCUT2D eigenvalue weighted by molar-refractivity contribution is -0.147. The van der Waals surface area contributed by atoms with Crippen LogP contribution in [0, 0.1) is 40.4 Å². The van der Waals surface area contributed by atoms with Gasteiger partial charge in [-0.15, -0.1) is 0 Å². The molecule has 43 heavy (non-hydrogen) atoms. The zero-order valence-electron chi connectivity index (χ0n) is 26.5. The van der Waals surface area contributed by atoms with Gasteiger partial charge >= 0.3 is 12.0 Å². The topological polar surface area (TPSA) is 177 Å². The van der Waals surface area contributed by atoms with Crippen LogP contribution in [-0.2, 0) is 28.7 Å². The summed E-state index contributed by atoms with van der Waals surface area (Å²) in [7, 11) is 0. The first-order chi connectivity index (χ1) is 19.9. The minimum Gasteiger partial charge on any atom is -0.464 e. The van der Waals surface area contributed by atoms with E-state index < -0.39 is 65.1 Å². The van der Waals surface area contributed by atoms with Gasteiger partial charge in [0.1, 0.15) is 18.1 Å². The molecular weight excluding hydrogens is 554 g/mol. The van der Waals surface area contributed by atoms with Crippen LogP contribution in [0.25, 0.3) is 0 Å². The number of rotatable bonds is 13. The minimum atomic E-state index is -1.10. The molecule has 1 saturated heterocycles. The molecule has 240 valence electrons. The highest BCUT2D eigenvalue weighted by atomic mass is 16.5. The molecule has 3 aliphatic carbocycles. The molecule has 12 nitrogen and oxygen atoms in total. The summed E-state index contributed by atoms with van der Waals surface area (Å²) < 4.78 is 5.40. The van der Waals surface area contributed by atoms with E-state index in [1.807, 2.05) is 34.6 Å². The number of carbonyl (C=O) groups excluding carboxylic acids is 6. The maximum Gasteiger partial charge on any atom is 0.328 e. The van der Waals surface area contributed by atoms with E-state index in [0.717, 1.165) is 25.7 Å². The fourth-order valence-corrected chi connectivity index (χ4v) is 6.36. The summed E-state index contributed by atoms with van der Waals surface area (Å²) in [6.45, 7) is 13.8. The number of ether oxygens (including phenoxy) is 1. The number of Topliss-reactive ketones (excluding diaryl/α,β-unsaturated/α-hetero) is 1. The van der Waals surface area contributed by atoms with E-state index in [4.69, 9.17) is 10.5 Å². The second-order valence-electron chi connectivity index (χ2n) is 15.1. The van der Waals surface area contributed by atoms with Gasteiger partial charge in [0.05, 0.1) is 12.6 Å². The SMILES string of the molecule is CC(C)[C@H](NC(=O)N[C@H](C(=O)N1C[C@H]2[C@@H]([C@H]1C(=O)NC(CC1CC1)C(=O)C(N)=O)C2(C)C)C(C)(C)C)C(=O)OCC1CC1. The van der Waals surface area contributed by atoms with Gasteiger partial charge in [0.2, 0.25) is 17.6 Å². The number of likely N-dealkylation sites (tertiary alicyclic amines) is 1. The lowest BCUT2D eigenvalue weighted by Gasteiger charge is -2.38. The Morgan fingerprint density at radius 1 is 0.953 bits per heavy atom. The zero-order chi connectivity index (χ0) is 32.0. The van der Waals surface area contributed by atoms with Crippen molar-refractivity contribution in [3.8, 4) is 0 Å². The van der Waals surface area contributed by atoms with Crippen LogP contribution in [0.2, 0.25) is 0 Å². The quantitative estimate of drug-likeness (QED) is 0.182. The maximum atomic E-state index is 14.1. The van der Waals surface area contributed by atoms with Gasteiger partial charge in [0.25, 0.3) is 5.91 Å².